The molecule has 34 heavy (non-hydrogen) atoms. The van der Waals surface area contributed by atoms with E-state index in [1.807, 2.05) is 0 Å². The van der Waals surface area contributed by atoms with E-state index >= 15 is 8.78 Å². The first-order chi connectivity index (χ1) is 16.1. The molecular weight excluding hydrogens is 440 g/mol. The lowest BCUT2D eigenvalue weighted by Crippen LogP contribution is -2.26. The van der Waals surface area contributed by atoms with Crippen molar-refractivity contribution in [3.05, 3.63) is 72.9 Å². The maximum absolute atomic E-state index is 15.1. The molecule has 0 saturated heterocycles. The number of halogens is 2. The molecule has 0 fully saturated rings. The molecule has 0 atom stereocenters. The molecular formula is C25H27F2N5O2. The van der Waals surface area contributed by atoms with Gasteiger partial charge in [-0.05, 0) is 42.5 Å². The number of hydrogen-bond acceptors (Lipinski definition) is 6. The SMILES string of the molecule is C=CC(=O)Nc1ccc(N(C)c2nc(Nc3cccc(OC)c3)ncc2C(F)(F)C(C)C)cc1. The van der Waals surface area contributed by atoms with Crippen molar-refractivity contribution in [2.75, 3.05) is 29.7 Å². The number of anilines is 5. The summed E-state index contributed by atoms with van der Waals surface area (Å²) in [6.45, 7) is 6.31. The van der Waals surface area contributed by atoms with Crippen molar-refractivity contribution in [3.63, 3.8) is 0 Å². The van der Waals surface area contributed by atoms with Crippen LogP contribution >= 0.6 is 0 Å². The van der Waals surface area contributed by atoms with Crippen molar-refractivity contribution in [2.45, 2.75) is 19.8 Å². The van der Waals surface area contributed by atoms with Gasteiger partial charge in [-0.1, -0.05) is 26.5 Å². The van der Waals surface area contributed by atoms with Crippen LogP contribution in [-0.4, -0.2) is 30.0 Å². The lowest BCUT2D eigenvalue weighted by atomic mass is 9.99. The summed E-state index contributed by atoms with van der Waals surface area (Å²) in [7, 11) is 3.20. The summed E-state index contributed by atoms with van der Waals surface area (Å²) >= 11 is 0. The second-order valence-electron chi connectivity index (χ2n) is 7.86. The zero-order valence-corrected chi connectivity index (χ0v) is 19.5. The van der Waals surface area contributed by atoms with Crippen LogP contribution in [-0.2, 0) is 10.7 Å². The van der Waals surface area contributed by atoms with Crippen LogP contribution in [0.4, 0.5) is 37.6 Å². The van der Waals surface area contributed by atoms with Crippen LogP contribution in [0.1, 0.15) is 19.4 Å². The summed E-state index contributed by atoms with van der Waals surface area (Å²) in [5.74, 6) is -3.61. The molecule has 7 nitrogen and oxygen atoms in total. The van der Waals surface area contributed by atoms with Gasteiger partial charge in [0.15, 0.2) is 0 Å². The highest BCUT2D eigenvalue weighted by Crippen LogP contribution is 2.41. The summed E-state index contributed by atoms with van der Waals surface area (Å²) in [5, 5.41) is 5.69. The Kier molecular flexibility index (Phi) is 7.45. The topological polar surface area (TPSA) is 79.4 Å². The van der Waals surface area contributed by atoms with Gasteiger partial charge < -0.3 is 20.3 Å². The number of methoxy groups -OCH3 is 1. The standard InChI is InChI=1S/C25H27F2N5O2/c1-6-22(33)29-17-10-12-19(13-11-17)32(4)23-21(25(26,27)16(2)3)15-28-24(31-23)30-18-8-7-9-20(14-18)34-5/h6-16H,1H2,2-5H3,(H,29,33)(H,28,30,31). The molecule has 0 aliphatic rings. The average molecular weight is 468 g/mol. The number of benzene rings is 2. The average Bonchev–Trinajstić information content (AvgIpc) is 2.83. The molecule has 0 aliphatic heterocycles. The van der Waals surface area contributed by atoms with E-state index in [-0.39, 0.29) is 23.2 Å². The zero-order chi connectivity index (χ0) is 24.9. The summed E-state index contributed by atoms with van der Waals surface area (Å²) < 4.78 is 35.5. The maximum Gasteiger partial charge on any atom is 0.280 e. The quantitative estimate of drug-likeness (QED) is 0.383. The number of ether oxygens (including phenoxy) is 1. The lowest BCUT2D eigenvalue weighted by molar-refractivity contribution is -0.111. The van der Waals surface area contributed by atoms with Gasteiger partial charge in [0.1, 0.15) is 11.6 Å². The zero-order valence-electron chi connectivity index (χ0n) is 19.5. The number of carbonyl (C=O) groups is 1. The number of aromatic nitrogens is 2. The first kappa shape index (κ1) is 24.6. The minimum Gasteiger partial charge on any atom is -0.497 e. The predicted octanol–water partition coefficient (Wildman–Crippen LogP) is 5.87. The van der Waals surface area contributed by atoms with Gasteiger partial charge in [-0.2, -0.15) is 4.98 Å². The van der Waals surface area contributed by atoms with Gasteiger partial charge >= 0.3 is 0 Å². The Labute approximate surface area is 197 Å². The van der Waals surface area contributed by atoms with Crippen LogP contribution in [0, 0.1) is 5.92 Å². The minimum absolute atomic E-state index is 0.0574. The lowest BCUT2D eigenvalue weighted by Gasteiger charge is -2.27. The normalized spacial score (nSPS) is 11.1. The molecule has 0 radical (unpaired) electrons. The Morgan fingerprint density at radius 3 is 2.50 bits per heavy atom. The van der Waals surface area contributed by atoms with Crippen molar-refractivity contribution in [2.24, 2.45) is 5.92 Å². The number of nitrogens with one attached hydrogen (secondary N) is 2. The predicted molar refractivity (Wildman–Crippen MR) is 130 cm³/mol. The van der Waals surface area contributed by atoms with E-state index < -0.39 is 11.8 Å². The summed E-state index contributed by atoms with van der Waals surface area (Å²) in [6, 6.07) is 13.9. The first-order valence-corrected chi connectivity index (χ1v) is 10.6. The van der Waals surface area contributed by atoms with Crippen molar-refractivity contribution >= 4 is 34.7 Å². The van der Waals surface area contributed by atoms with Gasteiger partial charge in [0, 0.05) is 42.3 Å². The first-order valence-electron chi connectivity index (χ1n) is 10.6. The Hall–Kier alpha value is -4.01. The molecule has 2 aromatic carbocycles. The van der Waals surface area contributed by atoms with Crippen molar-refractivity contribution in [1.82, 2.24) is 9.97 Å². The number of nitrogens with zero attached hydrogens (tertiary/aromatic N) is 3. The van der Waals surface area contributed by atoms with Gasteiger partial charge in [-0.3, -0.25) is 4.79 Å². The van der Waals surface area contributed by atoms with Crippen LogP contribution in [0.5, 0.6) is 5.75 Å². The minimum atomic E-state index is -3.16. The van der Waals surface area contributed by atoms with Crippen LogP contribution < -0.4 is 20.3 Å². The molecule has 1 heterocycles. The fraction of sp³-hybridized carbons (Fsp3) is 0.240. The Bertz CT molecular complexity index is 1170. The molecule has 0 saturated carbocycles. The Balaban J connectivity index is 2.00. The monoisotopic (exact) mass is 467 g/mol. The van der Waals surface area contributed by atoms with E-state index in [1.54, 1.807) is 67.6 Å². The van der Waals surface area contributed by atoms with E-state index in [2.05, 4.69) is 27.2 Å². The van der Waals surface area contributed by atoms with Gasteiger partial charge in [0.05, 0.1) is 12.7 Å². The second kappa shape index (κ2) is 10.3. The maximum atomic E-state index is 15.1. The van der Waals surface area contributed by atoms with Crippen LogP contribution in [0.15, 0.2) is 67.4 Å². The molecule has 3 aromatic rings. The molecule has 2 N–H and O–H groups in total. The molecule has 1 amide bonds. The van der Waals surface area contributed by atoms with Gasteiger partial charge in [-0.25, -0.2) is 13.8 Å². The van der Waals surface area contributed by atoms with Crippen molar-refractivity contribution < 1.29 is 18.3 Å². The third kappa shape index (κ3) is 5.48. The fourth-order valence-electron chi connectivity index (χ4n) is 3.15. The van der Waals surface area contributed by atoms with E-state index in [4.69, 9.17) is 4.74 Å². The van der Waals surface area contributed by atoms with Crippen molar-refractivity contribution in [1.29, 1.82) is 0 Å². The third-order valence-corrected chi connectivity index (χ3v) is 5.20. The second-order valence-corrected chi connectivity index (χ2v) is 7.86. The number of alkyl halides is 2. The number of rotatable bonds is 9. The number of hydrogen-bond donors (Lipinski definition) is 2. The summed E-state index contributed by atoms with van der Waals surface area (Å²) in [5.41, 5.74) is 1.52. The molecule has 178 valence electrons. The van der Waals surface area contributed by atoms with E-state index in [9.17, 15) is 4.79 Å². The Morgan fingerprint density at radius 2 is 1.88 bits per heavy atom. The van der Waals surface area contributed by atoms with Gasteiger partial charge in [0.2, 0.25) is 11.9 Å². The van der Waals surface area contributed by atoms with E-state index in [1.165, 1.54) is 13.8 Å². The largest absolute Gasteiger partial charge is 0.497 e. The summed E-state index contributed by atoms with van der Waals surface area (Å²) in [4.78, 5) is 21.6. The number of amides is 1. The highest BCUT2D eigenvalue weighted by atomic mass is 19.3. The molecule has 0 aliphatic carbocycles. The molecule has 3 rings (SSSR count). The molecule has 0 spiro atoms. The van der Waals surface area contributed by atoms with Gasteiger partial charge in [-0.15, -0.1) is 0 Å². The van der Waals surface area contributed by atoms with Gasteiger partial charge in [0.25, 0.3) is 5.92 Å². The Morgan fingerprint density at radius 1 is 1.18 bits per heavy atom. The van der Waals surface area contributed by atoms with E-state index in [0.29, 0.717) is 22.8 Å². The molecule has 0 bridgehead atoms. The van der Waals surface area contributed by atoms with Crippen molar-refractivity contribution in [3.8, 4) is 5.75 Å². The highest BCUT2D eigenvalue weighted by molar-refractivity contribution is 5.98. The number of carbonyl (C=O) groups excluding carboxylic acids is 1. The highest BCUT2D eigenvalue weighted by Gasteiger charge is 2.40. The summed E-state index contributed by atoms with van der Waals surface area (Å²) in [6.07, 6.45) is 2.32. The third-order valence-electron chi connectivity index (χ3n) is 5.20. The fourth-order valence-corrected chi connectivity index (χ4v) is 3.15. The van der Waals surface area contributed by atoms with Crippen LogP contribution in [0.3, 0.4) is 0 Å². The molecule has 0 unspecified atom stereocenters. The molecule has 9 heteroatoms. The van der Waals surface area contributed by atoms with Crippen LogP contribution in [0.25, 0.3) is 0 Å². The van der Waals surface area contributed by atoms with Crippen LogP contribution in [0.2, 0.25) is 0 Å². The van der Waals surface area contributed by atoms with E-state index in [0.717, 1.165) is 12.3 Å². The smallest absolute Gasteiger partial charge is 0.280 e. The molecule has 1 aromatic heterocycles.